The predicted molar refractivity (Wildman–Crippen MR) is 65.8 cm³/mol. The van der Waals surface area contributed by atoms with Crippen molar-refractivity contribution in [2.45, 2.75) is 17.6 Å². The molecule has 2 unspecified atom stereocenters. The fraction of sp³-hybridized carbons (Fsp3) is 0.385. The number of halogens is 2. The summed E-state index contributed by atoms with van der Waals surface area (Å²) < 4.78 is 29.0. The standard InChI is InChI=1S/C13H6F2N4S/c14-13(15)10(7(3-16)4-17)9-1-2-20-12(9)11(13)8(5-18)6-19/h9,12H,1-2H2. The Hall–Kier alpha value is -2.35. The van der Waals surface area contributed by atoms with Crippen LogP contribution in [0.2, 0.25) is 0 Å². The number of alkyl halides is 2. The predicted octanol–water partition coefficient (Wildman–Crippen LogP) is 2.44. The van der Waals surface area contributed by atoms with Crippen molar-refractivity contribution in [1.29, 1.82) is 21.0 Å². The van der Waals surface area contributed by atoms with Crippen LogP contribution >= 0.6 is 11.8 Å². The van der Waals surface area contributed by atoms with Gasteiger partial charge in [0.25, 0.3) is 5.92 Å². The number of allylic oxidation sites excluding steroid dienone is 3. The van der Waals surface area contributed by atoms with Crippen molar-refractivity contribution in [3.63, 3.8) is 0 Å². The lowest BCUT2D eigenvalue weighted by Crippen LogP contribution is -2.21. The van der Waals surface area contributed by atoms with Crippen LogP contribution in [0, 0.1) is 51.2 Å². The zero-order valence-electron chi connectivity index (χ0n) is 10.0. The summed E-state index contributed by atoms with van der Waals surface area (Å²) >= 11 is 1.23. The average Bonchev–Trinajstić information content (AvgIpc) is 2.95. The Bertz CT molecular complexity index is 604. The van der Waals surface area contributed by atoms with Gasteiger partial charge in [-0.05, 0) is 12.2 Å². The van der Waals surface area contributed by atoms with Gasteiger partial charge in [-0.3, -0.25) is 0 Å². The maximum atomic E-state index is 14.5. The van der Waals surface area contributed by atoms with Crippen LogP contribution in [0.3, 0.4) is 0 Å². The number of rotatable bonds is 0. The molecular weight excluding hydrogens is 282 g/mol. The molecule has 0 bridgehead atoms. The lowest BCUT2D eigenvalue weighted by atomic mass is 9.94. The van der Waals surface area contributed by atoms with Gasteiger partial charge in [0.1, 0.15) is 35.4 Å². The Labute approximate surface area is 118 Å². The first kappa shape index (κ1) is 14.1. The first-order chi connectivity index (χ1) is 9.52. The first-order valence-electron chi connectivity index (χ1n) is 5.62. The average molecular weight is 288 g/mol. The molecule has 0 aromatic carbocycles. The second-order valence-electron chi connectivity index (χ2n) is 4.29. The Morgan fingerprint density at radius 1 is 1.00 bits per heavy atom. The highest BCUT2D eigenvalue weighted by molar-refractivity contribution is 8.00. The van der Waals surface area contributed by atoms with Gasteiger partial charge in [0.05, 0.1) is 0 Å². The highest BCUT2D eigenvalue weighted by atomic mass is 32.2. The molecule has 2 rings (SSSR count). The maximum absolute atomic E-state index is 14.5. The number of hydrogen-bond acceptors (Lipinski definition) is 5. The van der Waals surface area contributed by atoms with Crippen molar-refractivity contribution in [2.75, 3.05) is 5.75 Å². The van der Waals surface area contributed by atoms with E-state index in [0.717, 1.165) is 0 Å². The summed E-state index contributed by atoms with van der Waals surface area (Å²) in [6.07, 6.45) is 0.404. The molecule has 0 aromatic heterocycles. The number of fused-ring (bicyclic) bond motifs is 1. The van der Waals surface area contributed by atoms with Gasteiger partial charge in [-0.25, -0.2) is 0 Å². The van der Waals surface area contributed by atoms with Crippen LogP contribution in [0.15, 0.2) is 22.3 Å². The Morgan fingerprint density at radius 2 is 1.50 bits per heavy atom. The van der Waals surface area contributed by atoms with Gasteiger partial charge in [0.2, 0.25) is 0 Å². The minimum atomic E-state index is -3.58. The summed E-state index contributed by atoms with van der Waals surface area (Å²) in [5.41, 5.74) is -2.31. The van der Waals surface area contributed by atoms with Crippen LogP contribution in [-0.4, -0.2) is 16.9 Å². The second-order valence-corrected chi connectivity index (χ2v) is 5.53. The molecule has 98 valence electrons. The molecule has 0 aromatic rings. The molecule has 1 saturated carbocycles. The smallest absolute Gasteiger partial charge is 0.196 e. The molecule has 1 aliphatic heterocycles. The summed E-state index contributed by atoms with van der Waals surface area (Å²) in [6.45, 7) is 0. The van der Waals surface area contributed by atoms with Crippen LogP contribution in [-0.2, 0) is 0 Å². The molecular formula is C13H6F2N4S. The molecule has 4 nitrogen and oxygen atoms in total. The zero-order chi connectivity index (χ0) is 14.9. The van der Waals surface area contributed by atoms with Crippen molar-refractivity contribution in [1.82, 2.24) is 0 Å². The monoisotopic (exact) mass is 288 g/mol. The van der Waals surface area contributed by atoms with E-state index >= 15 is 0 Å². The summed E-state index contributed by atoms with van der Waals surface area (Å²) in [7, 11) is 0. The van der Waals surface area contributed by atoms with Gasteiger partial charge >= 0.3 is 0 Å². The molecule has 2 aliphatic rings. The lowest BCUT2D eigenvalue weighted by molar-refractivity contribution is 0.0885. The van der Waals surface area contributed by atoms with Crippen molar-refractivity contribution >= 4 is 11.8 Å². The summed E-state index contributed by atoms with van der Waals surface area (Å²) in [5.74, 6) is -3.65. The Kier molecular flexibility index (Phi) is 3.49. The summed E-state index contributed by atoms with van der Waals surface area (Å²) in [4.78, 5) is 0. The van der Waals surface area contributed by atoms with E-state index < -0.39 is 39.4 Å². The quantitative estimate of drug-likeness (QED) is 0.638. The fourth-order valence-corrected chi connectivity index (χ4v) is 4.24. The lowest BCUT2D eigenvalue weighted by Gasteiger charge is -2.16. The normalized spacial score (nSPS) is 25.9. The SMILES string of the molecule is N#CC(C#N)=C1C2CCSC2C(=C(C#N)C#N)C1(F)F. The van der Waals surface area contributed by atoms with Crippen LogP contribution in [0.4, 0.5) is 8.78 Å². The Balaban J connectivity index is 2.80. The topological polar surface area (TPSA) is 95.2 Å². The van der Waals surface area contributed by atoms with Gasteiger partial charge in [-0.15, -0.1) is 0 Å². The molecule has 0 spiro atoms. The minimum Gasteiger partial charge on any atom is -0.196 e. The highest BCUT2D eigenvalue weighted by Crippen LogP contribution is 2.58. The third-order valence-electron chi connectivity index (χ3n) is 3.41. The summed E-state index contributed by atoms with van der Waals surface area (Å²) in [5, 5.41) is 34.7. The molecule has 2 fully saturated rings. The number of nitriles is 4. The van der Waals surface area contributed by atoms with Crippen LogP contribution in [0.25, 0.3) is 0 Å². The molecule has 0 radical (unpaired) electrons. The molecule has 0 N–H and O–H groups in total. The zero-order valence-corrected chi connectivity index (χ0v) is 10.8. The Morgan fingerprint density at radius 3 is 2.00 bits per heavy atom. The van der Waals surface area contributed by atoms with E-state index in [-0.39, 0.29) is 0 Å². The van der Waals surface area contributed by atoms with E-state index in [1.165, 1.54) is 36.0 Å². The fourth-order valence-electron chi connectivity index (χ4n) is 2.66. The third-order valence-corrected chi connectivity index (χ3v) is 4.80. The van der Waals surface area contributed by atoms with Crippen LogP contribution in [0.1, 0.15) is 6.42 Å². The largest absolute Gasteiger partial charge is 0.296 e. The van der Waals surface area contributed by atoms with Crippen molar-refractivity contribution in [3.05, 3.63) is 22.3 Å². The van der Waals surface area contributed by atoms with Crippen molar-refractivity contribution < 1.29 is 8.78 Å². The van der Waals surface area contributed by atoms with E-state index in [4.69, 9.17) is 21.0 Å². The second kappa shape index (κ2) is 4.97. The molecule has 1 saturated heterocycles. The summed E-state index contributed by atoms with van der Waals surface area (Å²) in [6, 6.07) is 5.98. The first-order valence-corrected chi connectivity index (χ1v) is 6.66. The van der Waals surface area contributed by atoms with Gasteiger partial charge in [0.15, 0.2) is 0 Å². The van der Waals surface area contributed by atoms with E-state index in [2.05, 4.69) is 0 Å². The highest BCUT2D eigenvalue weighted by Gasteiger charge is 2.60. The minimum absolute atomic E-state index is 0.404. The molecule has 0 amide bonds. The van der Waals surface area contributed by atoms with Crippen LogP contribution in [0.5, 0.6) is 0 Å². The third kappa shape index (κ3) is 1.76. The van der Waals surface area contributed by atoms with Gasteiger partial charge < -0.3 is 0 Å². The van der Waals surface area contributed by atoms with Crippen molar-refractivity contribution in [2.24, 2.45) is 5.92 Å². The number of hydrogen-bond donors (Lipinski definition) is 0. The van der Waals surface area contributed by atoms with E-state index in [1.54, 1.807) is 0 Å². The van der Waals surface area contributed by atoms with E-state index in [1.807, 2.05) is 0 Å². The number of nitrogens with zero attached hydrogens (tertiary/aromatic N) is 4. The number of thioether (sulfide) groups is 1. The van der Waals surface area contributed by atoms with E-state index in [9.17, 15) is 8.78 Å². The molecule has 7 heteroatoms. The molecule has 2 atom stereocenters. The molecule has 1 aliphatic carbocycles. The van der Waals surface area contributed by atoms with Gasteiger partial charge in [-0.1, -0.05) is 0 Å². The van der Waals surface area contributed by atoms with Gasteiger partial charge in [0, 0.05) is 22.3 Å². The maximum Gasteiger partial charge on any atom is 0.296 e. The molecule has 1 heterocycles. The van der Waals surface area contributed by atoms with Gasteiger partial charge in [-0.2, -0.15) is 41.6 Å². The van der Waals surface area contributed by atoms with Crippen LogP contribution < -0.4 is 0 Å². The van der Waals surface area contributed by atoms with E-state index in [0.29, 0.717) is 12.2 Å². The van der Waals surface area contributed by atoms with Crippen molar-refractivity contribution in [3.8, 4) is 24.3 Å². The molecule has 20 heavy (non-hydrogen) atoms.